The number of fused-ring (bicyclic) bond motifs is 3. The molecule has 1 spiro atoms. The molecule has 22 heavy (non-hydrogen) atoms. The van der Waals surface area contributed by atoms with Crippen LogP contribution in [0.5, 0.6) is 0 Å². The van der Waals surface area contributed by atoms with Crippen LogP contribution in [0, 0.1) is 0 Å². The first-order valence-electron chi connectivity index (χ1n) is 7.17. The molecule has 0 unspecified atom stereocenters. The number of carbonyl (C=O) groups is 2. The molecule has 1 aromatic carbocycles. The number of amides is 1. The number of nitrogens with one attached hydrogen (secondary N) is 1. The van der Waals surface area contributed by atoms with Crippen molar-refractivity contribution in [3.63, 3.8) is 0 Å². The Morgan fingerprint density at radius 3 is 3.00 bits per heavy atom. The van der Waals surface area contributed by atoms with Crippen LogP contribution in [-0.4, -0.2) is 22.0 Å². The third kappa shape index (κ3) is 1.45. The van der Waals surface area contributed by atoms with Crippen LogP contribution in [0.2, 0.25) is 0 Å². The number of rotatable bonds is 1. The van der Waals surface area contributed by atoms with Gasteiger partial charge in [0, 0.05) is 17.7 Å². The van der Waals surface area contributed by atoms with E-state index in [0.29, 0.717) is 12.2 Å². The maximum atomic E-state index is 12.7. The van der Waals surface area contributed by atoms with E-state index in [0.717, 1.165) is 16.7 Å². The summed E-state index contributed by atoms with van der Waals surface area (Å²) in [6.07, 6.45) is 2.17. The highest BCUT2D eigenvalue weighted by Crippen LogP contribution is 2.53. The molecule has 1 aromatic heterocycles. The van der Waals surface area contributed by atoms with E-state index in [4.69, 9.17) is 5.11 Å². The maximum Gasteiger partial charge on any atom is 0.335 e. The number of anilines is 1. The second kappa shape index (κ2) is 4.16. The van der Waals surface area contributed by atoms with Gasteiger partial charge in [0.15, 0.2) is 0 Å². The molecule has 2 aliphatic rings. The van der Waals surface area contributed by atoms with E-state index in [9.17, 15) is 9.59 Å². The molecular formula is C17H14N2O3. The quantitative estimate of drug-likeness (QED) is 0.846. The average Bonchev–Trinajstić information content (AvgIpc) is 2.96. The van der Waals surface area contributed by atoms with Gasteiger partial charge >= 0.3 is 5.97 Å². The number of aromatic nitrogens is 1. The molecule has 0 bridgehead atoms. The van der Waals surface area contributed by atoms with E-state index in [1.165, 1.54) is 0 Å². The molecule has 2 aromatic rings. The minimum Gasteiger partial charge on any atom is -0.478 e. The summed E-state index contributed by atoms with van der Waals surface area (Å²) in [7, 11) is 0. The number of aromatic carboxylic acids is 1. The first-order valence-corrected chi connectivity index (χ1v) is 7.17. The Morgan fingerprint density at radius 1 is 1.41 bits per heavy atom. The molecule has 2 N–H and O–H groups in total. The lowest BCUT2D eigenvalue weighted by Gasteiger charge is -2.26. The van der Waals surface area contributed by atoms with Crippen LogP contribution in [0.3, 0.4) is 0 Å². The van der Waals surface area contributed by atoms with Gasteiger partial charge in [-0.25, -0.2) is 9.78 Å². The van der Waals surface area contributed by atoms with Crippen LogP contribution in [0.25, 0.3) is 0 Å². The molecule has 5 nitrogen and oxygen atoms in total. The Balaban J connectivity index is 1.89. The zero-order valence-electron chi connectivity index (χ0n) is 12.0. The number of pyridine rings is 1. The van der Waals surface area contributed by atoms with Gasteiger partial charge in [0.2, 0.25) is 5.91 Å². The molecule has 110 valence electrons. The van der Waals surface area contributed by atoms with Crippen molar-refractivity contribution < 1.29 is 14.7 Å². The summed E-state index contributed by atoms with van der Waals surface area (Å²) >= 11 is 0. The number of carbonyl (C=O) groups excluding carboxylic acids is 1. The number of carboxylic acid groups (broad SMARTS) is 1. The van der Waals surface area contributed by atoms with Gasteiger partial charge in [-0.3, -0.25) is 4.79 Å². The lowest BCUT2D eigenvalue weighted by molar-refractivity contribution is -0.121. The van der Waals surface area contributed by atoms with Gasteiger partial charge < -0.3 is 10.4 Å². The van der Waals surface area contributed by atoms with E-state index < -0.39 is 11.4 Å². The van der Waals surface area contributed by atoms with E-state index in [1.807, 2.05) is 25.1 Å². The number of benzene rings is 1. The number of nitrogens with zero attached hydrogens (tertiary/aromatic N) is 1. The third-order valence-corrected chi connectivity index (χ3v) is 4.99. The van der Waals surface area contributed by atoms with Crippen molar-refractivity contribution in [2.45, 2.75) is 24.7 Å². The number of hydrogen-bond donors (Lipinski definition) is 2. The molecule has 0 saturated heterocycles. The van der Waals surface area contributed by atoms with Crippen LogP contribution in [0.15, 0.2) is 36.5 Å². The van der Waals surface area contributed by atoms with Gasteiger partial charge in [-0.05, 0) is 35.7 Å². The van der Waals surface area contributed by atoms with Crippen LogP contribution < -0.4 is 5.32 Å². The van der Waals surface area contributed by atoms with Crippen molar-refractivity contribution in [2.24, 2.45) is 0 Å². The Bertz CT molecular complexity index is 830. The highest BCUT2D eigenvalue weighted by molar-refractivity contribution is 6.07. The van der Waals surface area contributed by atoms with Gasteiger partial charge in [-0.2, -0.15) is 0 Å². The number of hydrogen-bond acceptors (Lipinski definition) is 3. The van der Waals surface area contributed by atoms with Crippen LogP contribution in [-0.2, 0) is 16.6 Å². The first-order chi connectivity index (χ1) is 10.5. The molecule has 2 heterocycles. The van der Waals surface area contributed by atoms with E-state index in [1.54, 1.807) is 18.3 Å². The lowest BCUT2D eigenvalue weighted by atomic mass is 9.73. The van der Waals surface area contributed by atoms with Gasteiger partial charge in [0.1, 0.15) is 5.82 Å². The normalized spacial score (nSPS) is 25.0. The fourth-order valence-electron chi connectivity index (χ4n) is 3.84. The first kappa shape index (κ1) is 13.0. The van der Waals surface area contributed by atoms with Crippen molar-refractivity contribution in [2.75, 3.05) is 5.32 Å². The fourth-order valence-corrected chi connectivity index (χ4v) is 3.84. The summed E-state index contributed by atoms with van der Waals surface area (Å²) < 4.78 is 0. The summed E-state index contributed by atoms with van der Waals surface area (Å²) in [5, 5.41) is 12.0. The van der Waals surface area contributed by atoms with Crippen LogP contribution >= 0.6 is 0 Å². The van der Waals surface area contributed by atoms with Crippen molar-refractivity contribution in [3.05, 3.63) is 58.8 Å². The summed E-state index contributed by atoms with van der Waals surface area (Å²) in [4.78, 5) is 28.1. The second-order valence-electron chi connectivity index (χ2n) is 5.94. The zero-order chi connectivity index (χ0) is 15.5. The Labute approximate surface area is 127 Å². The van der Waals surface area contributed by atoms with Gasteiger partial charge in [-0.1, -0.05) is 19.1 Å². The molecule has 0 radical (unpaired) electrons. The molecule has 5 heteroatoms. The molecule has 0 saturated carbocycles. The summed E-state index contributed by atoms with van der Waals surface area (Å²) in [5.41, 5.74) is 2.45. The molecule has 0 fully saturated rings. The number of carboxylic acids is 1. The Hall–Kier alpha value is -2.69. The summed E-state index contributed by atoms with van der Waals surface area (Å²) in [5.74, 6) is -0.405. The summed E-state index contributed by atoms with van der Waals surface area (Å²) in [6.45, 7) is 2.02. The smallest absolute Gasteiger partial charge is 0.335 e. The Morgan fingerprint density at radius 2 is 2.23 bits per heavy atom. The van der Waals surface area contributed by atoms with Crippen molar-refractivity contribution in [1.82, 2.24) is 4.98 Å². The van der Waals surface area contributed by atoms with Crippen molar-refractivity contribution >= 4 is 17.7 Å². The topological polar surface area (TPSA) is 79.3 Å². The van der Waals surface area contributed by atoms with Gasteiger partial charge in [0.05, 0.1) is 11.0 Å². The predicted octanol–water partition coefficient (Wildman–Crippen LogP) is 2.33. The van der Waals surface area contributed by atoms with Crippen molar-refractivity contribution in [1.29, 1.82) is 0 Å². The maximum absolute atomic E-state index is 12.7. The largest absolute Gasteiger partial charge is 0.478 e. The fraction of sp³-hybridized carbons (Fsp3) is 0.235. The van der Waals surface area contributed by atoms with Crippen LogP contribution in [0.4, 0.5) is 5.82 Å². The van der Waals surface area contributed by atoms with Crippen LogP contribution in [0.1, 0.15) is 39.9 Å². The highest BCUT2D eigenvalue weighted by atomic mass is 16.4. The molecule has 1 amide bonds. The van der Waals surface area contributed by atoms with Crippen molar-refractivity contribution in [3.8, 4) is 0 Å². The zero-order valence-corrected chi connectivity index (χ0v) is 12.0. The van der Waals surface area contributed by atoms with Gasteiger partial charge in [0.25, 0.3) is 0 Å². The minimum absolute atomic E-state index is 0.0178. The molecule has 4 rings (SSSR count). The highest BCUT2D eigenvalue weighted by Gasteiger charge is 2.55. The van der Waals surface area contributed by atoms with E-state index in [-0.39, 0.29) is 17.4 Å². The standard InChI is InChI=1S/C17H14N2O3/c1-9-12-5-4-10(15(20)21)7-11(12)8-17(9)13-3-2-6-18-14(13)19-16(17)22/h2-7,9H,8H2,1H3,(H,20,21)(H,18,19,22)/t9-,17+/m1/s1. The SMILES string of the molecule is C[C@@H]1c2ccc(C(=O)O)cc2C[C@]12C(=O)Nc1ncccc12. The molecule has 1 aliphatic heterocycles. The Kier molecular flexibility index (Phi) is 2.46. The second-order valence-corrected chi connectivity index (χ2v) is 5.94. The summed E-state index contributed by atoms with van der Waals surface area (Å²) in [6, 6.07) is 8.89. The monoisotopic (exact) mass is 294 g/mol. The minimum atomic E-state index is -0.950. The van der Waals surface area contributed by atoms with E-state index >= 15 is 0 Å². The van der Waals surface area contributed by atoms with E-state index in [2.05, 4.69) is 10.3 Å². The predicted molar refractivity (Wildman–Crippen MR) is 80.1 cm³/mol. The van der Waals surface area contributed by atoms with Gasteiger partial charge in [-0.15, -0.1) is 0 Å². The molecule has 2 atom stereocenters. The molecular weight excluding hydrogens is 280 g/mol. The molecule has 1 aliphatic carbocycles. The average molecular weight is 294 g/mol. The lowest BCUT2D eigenvalue weighted by Crippen LogP contribution is -2.37. The third-order valence-electron chi connectivity index (χ3n) is 4.99.